The number of carbonyl (C=O) groups is 1. The summed E-state index contributed by atoms with van der Waals surface area (Å²) in [7, 11) is -3.26. The van der Waals surface area contributed by atoms with E-state index in [0.717, 1.165) is 10.0 Å². The Bertz CT molecular complexity index is 904. The third-order valence-electron chi connectivity index (χ3n) is 3.83. The number of hydrogen-bond acceptors (Lipinski definition) is 3. The number of nitrogens with zero attached hydrogens (tertiary/aromatic N) is 1. The molecule has 24 heavy (non-hydrogen) atoms. The maximum atomic E-state index is 13.1. The lowest BCUT2D eigenvalue weighted by molar-refractivity contribution is 0.0983. The number of halogens is 1. The number of hydrogen-bond donors (Lipinski definition) is 0. The minimum Gasteiger partial charge on any atom is -0.300 e. The maximum absolute atomic E-state index is 13.1. The molecular formula is C18H16BrNO3S. The second-order valence-electron chi connectivity index (χ2n) is 5.75. The number of sulfone groups is 1. The fourth-order valence-corrected chi connectivity index (χ4v) is 4.23. The number of aryl methyl sites for hydroxylation is 1. The Labute approximate surface area is 149 Å². The zero-order valence-electron chi connectivity index (χ0n) is 13.0. The third-order valence-corrected chi connectivity index (χ3v) is 5.74. The molecule has 1 aliphatic heterocycles. The van der Waals surface area contributed by atoms with Crippen molar-refractivity contribution in [2.24, 2.45) is 0 Å². The molecule has 0 saturated carbocycles. The van der Waals surface area contributed by atoms with Crippen LogP contribution in [-0.2, 0) is 9.84 Å². The van der Waals surface area contributed by atoms with Crippen molar-refractivity contribution in [2.75, 3.05) is 10.7 Å². The van der Waals surface area contributed by atoms with Crippen LogP contribution >= 0.6 is 15.9 Å². The van der Waals surface area contributed by atoms with E-state index in [1.807, 2.05) is 31.2 Å². The molecule has 0 radical (unpaired) electrons. The molecule has 2 aromatic carbocycles. The Kier molecular flexibility index (Phi) is 4.60. The summed E-state index contributed by atoms with van der Waals surface area (Å²) in [6.45, 7) is 1.92. The number of rotatable bonds is 3. The van der Waals surface area contributed by atoms with E-state index in [9.17, 15) is 13.2 Å². The fraction of sp³-hybridized carbons (Fsp3) is 0.167. The highest BCUT2D eigenvalue weighted by Gasteiger charge is 2.32. The molecule has 2 aromatic rings. The van der Waals surface area contributed by atoms with Gasteiger partial charge in [0.15, 0.2) is 9.84 Å². The number of anilines is 1. The fourth-order valence-electron chi connectivity index (χ4n) is 2.70. The van der Waals surface area contributed by atoms with Gasteiger partial charge in [-0.05, 0) is 49.4 Å². The lowest BCUT2D eigenvalue weighted by atomic mass is 10.1. The minimum atomic E-state index is -3.26. The van der Waals surface area contributed by atoms with Crippen LogP contribution in [0.3, 0.4) is 0 Å². The molecule has 1 atom stereocenters. The van der Waals surface area contributed by atoms with Gasteiger partial charge in [0.1, 0.15) is 0 Å². The van der Waals surface area contributed by atoms with Crippen LogP contribution in [0.2, 0.25) is 0 Å². The van der Waals surface area contributed by atoms with Crippen molar-refractivity contribution in [1.29, 1.82) is 0 Å². The normalized spacial score (nSPS) is 18.5. The van der Waals surface area contributed by atoms with Crippen molar-refractivity contribution in [3.8, 4) is 0 Å². The van der Waals surface area contributed by atoms with Crippen molar-refractivity contribution in [3.63, 3.8) is 0 Å². The standard InChI is InChI=1S/C18H16BrNO3S/c1-13-3-2-4-14(11-13)18(21)20(16-7-5-15(19)6-8-16)17-9-10-24(22,23)12-17/h2-11,17H,12H2,1H3/t17-/m1/s1. The second kappa shape index (κ2) is 6.53. The molecule has 6 heteroatoms. The third kappa shape index (κ3) is 3.60. The first-order chi connectivity index (χ1) is 11.4. The number of amides is 1. The summed E-state index contributed by atoms with van der Waals surface area (Å²) in [5.74, 6) is -0.312. The summed E-state index contributed by atoms with van der Waals surface area (Å²) < 4.78 is 24.5. The summed E-state index contributed by atoms with van der Waals surface area (Å²) in [5, 5.41) is 1.19. The second-order valence-corrected chi connectivity index (χ2v) is 8.59. The molecule has 0 spiro atoms. The molecule has 0 saturated heterocycles. The van der Waals surface area contributed by atoms with Gasteiger partial charge in [-0.1, -0.05) is 33.6 Å². The maximum Gasteiger partial charge on any atom is 0.258 e. The molecule has 124 valence electrons. The van der Waals surface area contributed by atoms with E-state index in [1.165, 1.54) is 5.41 Å². The SMILES string of the molecule is Cc1cccc(C(=O)N(c2ccc(Br)cc2)[C@@H]2C=CS(=O)(=O)C2)c1. The Balaban J connectivity index is 2.03. The van der Waals surface area contributed by atoms with Crippen molar-refractivity contribution < 1.29 is 13.2 Å². The summed E-state index contributed by atoms with van der Waals surface area (Å²) in [6, 6.07) is 14.1. The highest BCUT2D eigenvalue weighted by Crippen LogP contribution is 2.26. The van der Waals surface area contributed by atoms with Crippen LogP contribution < -0.4 is 4.90 Å². The van der Waals surface area contributed by atoms with Crippen molar-refractivity contribution in [3.05, 3.63) is 75.6 Å². The van der Waals surface area contributed by atoms with Gasteiger partial charge in [-0.3, -0.25) is 4.79 Å². The van der Waals surface area contributed by atoms with Gasteiger partial charge < -0.3 is 4.90 Å². The van der Waals surface area contributed by atoms with Crippen LogP contribution in [0.25, 0.3) is 0 Å². The monoisotopic (exact) mass is 405 g/mol. The Morgan fingerprint density at radius 2 is 1.88 bits per heavy atom. The summed E-state index contributed by atoms with van der Waals surface area (Å²) >= 11 is 3.37. The van der Waals surface area contributed by atoms with Crippen LogP contribution in [0.15, 0.2) is 64.5 Å². The first-order valence-corrected chi connectivity index (χ1v) is 9.93. The summed E-state index contributed by atoms with van der Waals surface area (Å²) in [5.41, 5.74) is 2.18. The molecular weight excluding hydrogens is 390 g/mol. The summed E-state index contributed by atoms with van der Waals surface area (Å²) in [4.78, 5) is 14.6. The molecule has 0 bridgehead atoms. The van der Waals surface area contributed by atoms with Crippen molar-refractivity contribution >= 4 is 37.4 Å². The van der Waals surface area contributed by atoms with Gasteiger partial charge in [0.05, 0.1) is 11.8 Å². The molecule has 1 amide bonds. The molecule has 0 unspecified atom stereocenters. The molecule has 4 nitrogen and oxygen atoms in total. The van der Waals surface area contributed by atoms with Crippen LogP contribution in [-0.4, -0.2) is 26.1 Å². The molecule has 0 aromatic heterocycles. The van der Waals surface area contributed by atoms with Gasteiger partial charge in [0.25, 0.3) is 5.91 Å². The zero-order valence-corrected chi connectivity index (χ0v) is 15.4. The van der Waals surface area contributed by atoms with Gasteiger partial charge in [-0.25, -0.2) is 8.42 Å². The Morgan fingerprint density at radius 3 is 2.46 bits per heavy atom. The van der Waals surface area contributed by atoms with Gasteiger partial charge >= 0.3 is 0 Å². The van der Waals surface area contributed by atoms with Gasteiger partial charge in [0, 0.05) is 21.1 Å². The minimum absolute atomic E-state index is 0.0966. The van der Waals surface area contributed by atoms with E-state index in [0.29, 0.717) is 11.3 Å². The van der Waals surface area contributed by atoms with Gasteiger partial charge in [-0.15, -0.1) is 0 Å². The lowest BCUT2D eigenvalue weighted by Gasteiger charge is -2.28. The van der Waals surface area contributed by atoms with E-state index in [1.54, 1.807) is 35.2 Å². The van der Waals surface area contributed by atoms with E-state index in [-0.39, 0.29) is 11.7 Å². The largest absolute Gasteiger partial charge is 0.300 e. The Hall–Kier alpha value is -1.92. The lowest BCUT2D eigenvalue weighted by Crippen LogP contribution is -2.41. The number of benzene rings is 2. The van der Waals surface area contributed by atoms with E-state index in [4.69, 9.17) is 0 Å². The van der Waals surface area contributed by atoms with E-state index >= 15 is 0 Å². The molecule has 3 rings (SSSR count). The van der Waals surface area contributed by atoms with Crippen LogP contribution in [0, 0.1) is 6.92 Å². The molecule has 0 aliphatic carbocycles. The Morgan fingerprint density at radius 1 is 1.17 bits per heavy atom. The van der Waals surface area contributed by atoms with Gasteiger partial charge in [0.2, 0.25) is 0 Å². The quantitative estimate of drug-likeness (QED) is 0.781. The summed E-state index contributed by atoms with van der Waals surface area (Å²) in [6.07, 6.45) is 1.57. The highest BCUT2D eigenvalue weighted by atomic mass is 79.9. The van der Waals surface area contributed by atoms with E-state index < -0.39 is 15.9 Å². The predicted octanol–water partition coefficient (Wildman–Crippen LogP) is 3.72. The van der Waals surface area contributed by atoms with E-state index in [2.05, 4.69) is 15.9 Å². The molecule has 1 heterocycles. The number of carbonyl (C=O) groups excluding carboxylic acids is 1. The van der Waals surface area contributed by atoms with Crippen molar-refractivity contribution in [1.82, 2.24) is 0 Å². The first-order valence-electron chi connectivity index (χ1n) is 7.42. The topological polar surface area (TPSA) is 54.5 Å². The van der Waals surface area contributed by atoms with Gasteiger partial charge in [-0.2, -0.15) is 0 Å². The van der Waals surface area contributed by atoms with Crippen LogP contribution in [0.5, 0.6) is 0 Å². The predicted molar refractivity (Wildman–Crippen MR) is 98.8 cm³/mol. The molecule has 0 N–H and O–H groups in total. The molecule has 1 aliphatic rings. The highest BCUT2D eigenvalue weighted by molar-refractivity contribution is 9.10. The average Bonchev–Trinajstić information content (AvgIpc) is 2.89. The van der Waals surface area contributed by atoms with Crippen LogP contribution in [0.1, 0.15) is 15.9 Å². The van der Waals surface area contributed by atoms with Crippen LogP contribution in [0.4, 0.5) is 5.69 Å². The molecule has 0 fully saturated rings. The zero-order chi connectivity index (χ0) is 17.3. The average molecular weight is 406 g/mol. The smallest absolute Gasteiger partial charge is 0.258 e. The van der Waals surface area contributed by atoms with Crippen molar-refractivity contribution in [2.45, 2.75) is 13.0 Å². The first kappa shape index (κ1) is 16.9.